The number of aromatic carboxylic acids is 1. The fraction of sp³-hybridized carbons (Fsp3) is 0.0667. The molecule has 0 bridgehead atoms. The second-order valence-electron chi connectivity index (χ2n) is 4.43. The zero-order valence-electron chi connectivity index (χ0n) is 11.0. The summed E-state index contributed by atoms with van der Waals surface area (Å²) >= 11 is 3.10. The van der Waals surface area contributed by atoms with E-state index < -0.39 is 17.7 Å². The molecule has 0 saturated carbocycles. The van der Waals surface area contributed by atoms with Gasteiger partial charge in [-0.25, -0.2) is 9.18 Å². The van der Waals surface area contributed by atoms with E-state index in [1.54, 1.807) is 13.0 Å². The summed E-state index contributed by atoms with van der Waals surface area (Å²) in [6, 6.07) is 8.61. The lowest BCUT2D eigenvalue weighted by Gasteiger charge is -2.10. The van der Waals surface area contributed by atoms with Gasteiger partial charge in [0, 0.05) is 4.47 Å². The van der Waals surface area contributed by atoms with Gasteiger partial charge in [-0.2, -0.15) is 0 Å². The zero-order valence-corrected chi connectivity index (χ0v) is 12.6. The van der Waals surface area contributed by atoms with Crippen LogP contribution in [0.15, 0.2) is 40.9 Å². The van der Waals surface area contributed by atoms with Gasteiger partial charge in [0.2, 0.25) is 0 Å². The molecule has 0 aliphatic heterocycles. The van der Waals surface area contributed by atoms with E-state index in [4.69, 9.17) is 5.11 Å². The number of rotatable bonds is 3. The van der Waals surface area contributed by atoms with E-state index in [9.17, 15) is 14.0 Å². The zero-order chi connectivity index (χ0) is 15.6. The predicted octanol–water partition coefficient (Wildman–Crippen LogP) is 3.85. The van der Waals surface area contributed by atoms with Crippen LogP contribution in [0.5, 0.6) is 0 Å². The van der Waals surface area contributed by atoms with Crippen LogP contribution < -0.4 is 5.32 Å². The standard InChI is InChI=1S/C15H11BrFNO3/c1-8-2-5-13(11(6-8)15(20)21)18-14(19)10-4-3-9(16)7-12(10)17/h2-7H,1H3,(H,18,19)(H,20,21). The minimum Gasteiger partial charge on any atom is -0.478 e. The normalized spacial score (nSPS) is 10.2. The Balaban J connectivity index is 2.34. The average molecular weight is 352 g/mol. The van der Waals surface area contributed by atoms with Crippen molar-refractivity contribution in [2.75, 3.05) is 5.32 Å². The highest BCUT2D eigenvalue weighted by molar-refractivity contribution is 9.10. The lowest BCUT2D eigenvalue weighted by molar-refractivity contribution is 0.0698. The summed E-state index contributed by atoms with van der Waals surface area (Å²) in [4.78, 5) is 23.2. The van der Waals surface area contributed by atoms with Crippen molar-refractivity contribution >= 4 is 33.5 Å². The van der Waals surface area contributed by atoms with Gasteiger partial charge < -0.3 is 10.4 Å². The van der Waals surface area contributed by atoms with Crippen LogP contribution in [-0.2, 0) is 0 Å². The second kappa shape index (κ2) is 6.05. The predicted molar refractivity (Wildman–Crippen MR) is 80.2 cm³/mol. The Morgan fingerprint density at radius 3 is 2.48 bits per heavy atom. The third kappa shape index (κ3) is 3.46. The number of benzene rings is 2. The molecule has 0 unspecified atom stereocenters. The van der Waals surface area contributed by atoms with Crippen LogP contribution in [0.4, 0.5) is 10.1 Å². The van der Waals surface area contributed by atoms with E-state index in [1.807, 2.05) is 0 Å². The summed E-state index contributed by atoms with van der Waals surface area (Å²) in [5.41, 5.74) is 0.677. The Bertz CT molecular complexity index is 731. The Morgan fingerprint density at radius 1 is 1.14 bits per heavy atom. The van der Waals surface area contributed by atoms with Crippen molar-refractivity contribution in [3.8, 4) is 0 Å². The number of carbonyl (C=O) groups is 2. The number of halogens is 2. The minimum absolute atomic E-state index is 0.0409. The maximum Gasteiger partial charge on any atom is 0.337 e. The molecule has 4 nitrogen and oxygen atoms in total. The van der Waals surface area contributed by atoms with E-state index in [0.29, 0.717) is 4.47 Å². The van der Waals surface area contributed by atoms with Gasteiger partial charge in [-0.05, 0) is 37.3 Å². The first-order valence-electron chi connectivity index (χ1n) is 5.99. The summed E-state index contributed by atoms with van der Waals surface area (Å²) in [6.45, 7) is 1.74. The summed E-state index contributed by atoms with van der Waals surface area (Å²) in [5, 5.41) is 11.6. The molecular formula is C15H11BrFNO3. The van der Waals surface area contributed by atoms with Crippen molar-refractivity contribution in [2.24, 2.45) is 0 Å². The van der Waals surface area contributed by atoms with Crippen molar-refractivity contribution in [1.82, 2.24) is 0 Å². The Kier molecular flexibility index (Phi) is 4.37. The van der Waals surface area contributed by atoms with Crippen LogP contribution in [-0.4, -0.2) is 17.0 Å². The van der Waals surface area contributed by atoms with Crippen LogP contribution in [0.3, 0.4) is 0 Å². The van der Waals surface area contributed by atoms with Crippen molar-refractivity contribution in [1.29, 1.82) is 0 Å². The third-order valence-corrected chi connectivity index (χ3v) is 3.32. The summed E-state index contributed by atoms with van der Waals surface area (Å²) in [7, 11) is 0. The first-order chi connectivity index (χ1) is 9.88. The molecule has 108 valence electrons. The number of hydrogen-bond acceptors (Lipinski definition) is 2. The number of nitrogens with one attached hydrogen (secondary N) is 1. The van der Waals surface area contributed by atoms with Crippen molar-refractivity contribution < 1.29 is 19.1 Å². The van der Waals surface area contributed by atoms with Crippen molar-refractivity contribution in [3.63, 3.8) is 0 Å². The molecule has 0 atom stereocenters. The number of anilines is 1. The van der Waals surface area contributed by atoms with Crippen LogP contribution in [0.2, 0.25) is 0 Å². The number of carboxylic acids is 1. The Hall–Kier alpha value is -2.21. The Labute approximate surface area is 128 Å². The third-order valence-electron chi connectivity index (χ3n) is 2.83. The number of hydrogen-bond donors (Lipinski definition) is 2. The lowest BCUT2D eigenvalue weighted by atomic mass is 10.1. The van der Waals surface area contributed by atoms with Gasteiger partial charge >= 0.3 is 5.97 Å². The van der Waals surface area contributed by atoms with Gasteiger partial charge in [-0.15, -0.1) is 0 Å². The molecule has 0 aliphatic rings. The van der Waals surface area contributed by atoms with E-state index in [2.05, 4.69) is 21.2 Å². The first kappa shape index (κ1) is 15.2. The minimum atomic E-state index is -1.16. The maximum absolute atomic E-state index is 13.7. The highest BCUT2D eigenvalue weighted by Gasteiger charge is 2.16. The van der Waals surface area contributed by atoms with Gasteiger partial charge in [-0.3, -0.25) is 4.79 Å². The van der Waals surface area contributed by atoms with Crippen molar-refractivity contribution in [2.45, 2.75) is 6.92 Å². The molecule has 0 spiro atoms. The maximum atomic E-state index is 13.7. The smallest absolute Gasteiger partial charge is 0.337 e. The van der Waals surface area contributed by atoms with Crippen LogP contribution in [0.25, 0.3) is 0 Å². The fourth-order valence-electron chi connectivity index (χ4n) is 1.81. The molecule has 0 radical (unpaired) electrons. The average Bonchev–Trinajstić information content (AvgIpc) is 2.40. The van der Waals surface area contributed by atoms with Crippen LogP contribution in [0, 0.1) is 12.7 Å². The fourth-order valence-corrected chi connectivity index (χ4v) is 2.14. The number of aryl methyl sites for hydroxylation is 1. The molecule has 21 heavy (non-hydrogen) atoms. The van der Waals surface area contributed by atoms with E-state index in [1.165, 1.54) is 30.3 Å². The van der Waals surface area contributed by atoms with Gasteiger partial charge in [0.15, 0.2) is 0 Å². The Morgan fingerprint density at radius 2 is 1.86 bits per heavy atom. The number of carbonyl (C=O) groups excluding carboxylic acids is 1. The lowest BCUT2D eigenvalue weighted by Crippen LogP contribution is -2.16. The number of amides is 1. The topological polar surface area (TPSA) is 66.4 Å². The molecule has 2 aromatic rings. The molecule has 0 aliphatic carbocycles. The quantitative estimate of drug-likeness (QED) is 0.882. The molecule has 2 rings (SSSR count). The monoisotopic (exact) mass is 351 g/mol. The molecule has 1 amide bonds. The highest BCUT2D eigenvalue weighted by Crippen LogP contribution is 2.20. The van der Waals surface area contributed by atoms with E-state index in [0.717, 1.165) is 5.56 Å². The largest absolute Gasteiger partial charge is 0.478 e. The molecule has 2 N–H and O–H groups in total. The first-order valence-corrected chi connectivity index (χ1v) is 6.78. The molecular weight excluding hydrogens is 341 g/mol. The van der Waals surface area contributed by atoms with Gasteiger partial charge in [0.1, 0.15) is 5.82 Å². The molecule has 6 heteroatoms. The van der Waals surface area contributed by atoms with E-state index >= 15 is 0 Å². The molecule has 2 aromatic carbocycles. The SMILES string of the molecule is Cc1ccc(NC(=O)c2ccc(Br)cc2F)c(C(=O)O)c1. The molecule has 0 saturated heterocycles. The van der Waals surface area contributed by atoms with Crippen molar-refractivity contribution in [3.05, 3.63) is 63.4 Å². The molecule has 0 heterocycles. The number of carboxylic acid groups (broad SMARTS) is 1. The summed E-state index contributed by atoms with van der Waals surface area (Å²) in [6.07, 6.45) is 0. The van der Waals surface area contributed by atoms with Crippen LogP contribution in [0.1, 0.15) is 26.3 Å². The van der Waals surface area contributed by atoms with Gasteiger partial charge in [0.25, 0.3) is 5.91 Å². The van der Waals surface area contributed by atoms with Gasteiger partial charge in [0.05, 0.1) is 16.8 Å². The molecule has 0 fully saturated rings. The second-order valence-corrected chi connectivity index (χ2v) is 5.35. The highest BCUT2D eigenvalue weighted by atomic mass is 79.9. The summed E-state index contributed by atoms with van der Waals surface area (Å²) in [5.74, 6) is -2.55. The van der Waals surface area contributed by atoms with Crippen LogP contribution >= 0.6 is 15.9 Å². The van der Waals surface area contributed by atoms with Gasteiger partial charge in [-0.1, -0.05) is 27.6 Å². The summed E-state index contributed by atoms with van der Waals surface area (Å²) < 4.78 is 14.2. The van der Waals surface area contributed by atoms with E-state index in [-0.39, 0.29) is 16.8 Å². The molecule has 0 aromatic heterocycles.